The number of hydrogen-bond acceptors (Lipinski definition) is 5. The fourth-order valence-corrected chi connectivity index (χ4v) is 4.01. The second-order valence-electron chi connectivity index (χ2n) is 8.64. The lowest BCUT2D eigenvalue weighted by Gasteiger charge is -2.37. The second kappa shape index (κ2) is 8.99. The Morgan fingerprint density at radius 1 is 1.24 bits per heavy atom. The Labute approximate surface area is 197 Å². The van der Waals surface area contributed by atoms with Gasteiger partial charge in [0.25, 0.3) is 5.91 Å². The maximum Gasteiger partial charge on any atom is 0.426 e. The van der Waals surface area contributed by atoms with Gasteiger partial charge in [-0.05, 0) is 42.2 Å². The summed E-state index contributed by atoms with van der Waals surface area (Å²) in [5.74, 6) is -2.60. The average Bonchev–Trinajstić information content (AvgIpc) is 2.72. The molecular weight excluding hydrogens is 480 g/mol. The van der Waals surface area contributed by atoms with Gasteiger partial charge in [0.05, 0.1) is 5.71 Å². The van der Waals surface area contributed by atoms with Gasteiger partial charge in [-0.1, -0.05) is 42.7 Å². The smallest absolute Gasteiger partial charge is 0.380 e. The summed E-state index contributed by atoms with van der Waals surface area (Å²) in [5, 5.41) is 16.5. The fourth-order valence-electron chi connectivity index (χ4n) is 3.85. The van der Waals surface area contributed by atoms with Crippen LogP contribution in [0.2, 0.25) is 5.02 Å². The number of carbonyl (C=O) groups excluding carboxylic acids is 2. The Balaban J connectivity index is 1.94. The predicted octanol–water partition coefficient (Wildman–Crippen LogP) is 5.07. The van der Waals surface area contributed by atoms with E-state index in [0.29, 0.717) is 23.1 Å². The number of oxime groups is 1. The van der Waals surface area contributed by atoms with Crippen molar-refractivity contribution in [2.24, 2.45) is 5.16 Å². The van der Waals surface area contributed by atoms with Crippen LogP contribution in [-0.4, -0.2) is 34.8 Å². The van der Waals surface area contributed by atoms with Crippen LogP contribution in [0.1, 0.15) is 50.0 Å². The molecule has 2 unspecified atom stereocenters. The van der Waals surface area contributed by atoms with Crippen molar-refractivity contribution in [3.8, 4) is 0 Å². The molecular formula is C23H21ClF4N2O4. The number of benzene rings is 2. The van der Waals surface area contributed by atoms with Gasteiger partial charge in [-0.25, -0.2) is 4.39 Å². The first-order valence-electron chi connectivity index (χ1n) is 10.1. The number of anilines is 1. The number of aldehydes is 1. The van der Waals surface area contributed by atoms with Gasteiger partial charge in [-0.3, -0.25) is 9.59 Å². The van der Waals surface area contributed by atoms with Gasteiger partial charge >= 0.3 is 6.18 Å². The number of fused-ring (bicyclic) bond motifs is 1. The summed E-state index contributed by atoms with van der Waals surface area (Å²) in [4.78, 5) is 29.0. The summed E-state index contributed by atoms with van der Waals surface area (Å²) < 4.78 is 56.4. The van der Waals surface area contributed by atoms with Crippen molar-refractivity contribution in [1.82, 2.24) is 0 Å². The van der Waals surface area contributed by atoms with Crippen LogP contribution < -0.4 is 5.32 Å². The third kappa shape index (κ3) is 4.78. The number of rotatable bonds is 6. The third-order valence-electron chi connectivity index (χ3n) is 5.64. The van der Waals surface area contributed by atoms with E-state index < -0.39 is 41.4 Å². The van der Waals surface area contributed by atoms with Crippen molar-refractivity contribution in [2.75, 3.05) is 5.32 Å². The molecule has 3 rings (SSSR count). The van der Waals surface area contributed by atoms with Crippen molar-refractivity contribution in [3.05, 3.63) is 63.9 Å². The molecule has 1 heterocycles. The summed E-state index contributed by atoms with van der Waals surface area (Å²) in [6.07, 6.45) is -7.03. The molecule has 1 aliphatic heterocycles. The molecule has 6 nitrogen and oxygen atoms in total. The van der Waals surface area contributed by atoms with Crippen molar-refractivity contribution in [3.63, 3.8) is 0 Å². The molecule has 182 valence electrons. The van der Waals surface area contributed by atoms with Gasteiger partial charge in [-0.15, -0.1) is 0 Å². The van der Waals surface area contributed by atoms with Crippen LogP contribution in [-0.2, 0) is 19.8 Å². The zero-order valence-corrected chi connectivity index (χ0v) is 19.1. The minimum Gasteiger partial charge on any atom is -0.380 e. The lowest BCUT2D eigenvalue weighted by atomic mass is 9.74. The summed E-state index contributed by atoms with van der Waals surface area (Å²) >= 11 is 5.72. The van der Waals surface area contributed by atoms with Crippen molar-refractivity contribution in [1.29, 1.82) is 0 Å². The van der Waals surface area contributed by atoms with Gasteiger partial charge in [0.1, 0.15) is 5.82 Å². The van der Waals surface area contributed by atoms with Gasteiger partial charge in [0.2, 0.25) is 11.7 Å². The van der Waals surface area contributed by atoms with Gasteiger partial charge < -0.3 is 15.3 Å². The van der Waals surface area contributed by atoms with E-state index in [1.54, 1.807) is 6.92 Å². The van der Waals surface area contributed by atoms with E-state index in [4.69, 9.17) is 16.4 Å². The number of aliphatic hydroxyl groups is 1. The molecule has 0 spiro atoms. The fraction of sp³-hybridized carbons (Fsp3) is 0.348. The number of carbonyl (C=O) groups is 2. The topological polar surface area (TPSA) is 88.0 Å². The highest BCUT2D eigenvalue weighted by Gasteiger charge is 2.61. The highest BCUT2D eigenvalue weighted by molar-refractivity contribution is 6.30. The van der Waals surface area contributed by atoms with E-state index in [0.717, 1.165) is 6.07 Å². The quantitative estimate of drug-likeness (QED) is 0.428. The van der Waals surface area contributed by atoms with Crippen LogP contribution in [0.15, 0.2) is 41.6 Å². The van der Waals surface area contributed by atoms with E-state index in [1.165, 1.54) is 44.2 Å². The summed E-state index contributed by atoms with van der Waals surface area (Å²) in [5.41, 5.74) is -4.52. The zero-order valence-electron chi connectivity index (χ0n) is 18.3. The molecule has 0 aliphatic carbocycles. The number of halogens is 5. The number of amides is 1. The van der Waals surface area contributed by atoms with E-state index >= 15 is 0 Å². The number of alkyl halides is 3. The SMILES string of the molecule is CC1=NOC(C=O)c2ccc(NC(=O)C(O)(CC(C)(C)c3ccc(Cl)cc3F)C(F)(F)F)cc21. The van der Waals surface area contributed by atoms with Crippen LogP contribution in [0.3, 0.4) is 0 Å². The van der Waals surface area contributed by atoms with Gasteiger partial charge in [0, 0.05) is 28.3 Å². The lowest BCUT2D eigenvalue weighted by molar-refractivity contribution is -0.254. The molecule has 0 bridgehead atoms. The number of nitrogens with one attached hydrogen (secondary N) is 1. The molecule has 2 N–H and O–H groups in total. The highest BCUT2D eigenvalue weighted by atomic mass is 35.5. The van der Waals surface area contributed by atoms with Crippen LogP contribution >= 0.6 is 11.6 Å². The van der Waals surface area contributed by atoms with Crippen LogP contribution in [0.25, 0.3) is 0 Å². The largest absolute Gasteiger partial charge is 0.426 e. The first-order chi connectivity index (χ1) is 15.7. The first-order valence-corrected chi connectivity index (χ1v) is 10.4. The molecule has 11 heteroatoms. The molecule has 2 atom stereocenters. The Kier molecular flexibility index (Phi) is 6.78. The Morgan fingerprint density at radius 2 is 1.91 bits per heavy atom. The average molecular weight is 501 g/mol. The van der Waals surface area contributed by atoms with E-state index in [2.05, 4.69) is 10.5 Å². The third-order valence-corrected chi connectivity index (χ3v) is 5.87. The first kappa shape index (κ1) is 25.6. The van der Waals surface area contributed by atoms with Gasteiger partial charge in [-0.2, -0.15) is 13.2 Å². The molecule has 2 aromatic carbocycles. The van der Waals surface area contributed by atoms with Crippen LogP contribution in [0.4, 0.5) is 23.2 Å². The maximum absolute atomic E-state index is 14.4. The van der Waals surface area contributed by atoms with E-state index in [-0.39, 0.29) is 16.3 Å². The molecule has 1 aliphatic rings. The Hall–Kier alpha value is -2.98. The predicted molar refractivity (Wildman–Crippen MR) is 117 cm³/mol. The highest BCUT2D eigenvalue weighted by Crippen LogP contribution is 2.43. The van der Waals surface area contributed by atoms with E-state index in [1.807, 2.05) is 0 Å². The Bertz CT molecular complexity index is 1170. The lowest BCUT2D eigenvalue weighted by Crippen LogP contribution is -2.57. The number of nitrogens with zero attached hydrogens (tertiary/aromatic N) is 1. The maximum atomic E-state index is 14.4. The molecule has 0 saturated carbocycles. The van der Waals surface area contributed by atoms with Gasteiger partial charge in [0.15, 0.2) is 6.29 Å². The summed E-state index contributed by atoms with van der Waals surface area (Å²) in [6, 6.07) is 7.47. The Morgan fingerprint density at radius 3 is 2.50 bits per heavy atom. The second-order valence-corrected chi connectivity index (χ2v) is 9.07. The molecule has 2 aromatic rings. The summed E-state index contributed by atoms with van der Waals surface area (Å²) in [7, 11) is 0. The summed E-state index contributed by atoms with van der Waals surface area (Å²) in [6.45, 7) is 4.11. The molecule has 0 saturated heterocycles. The zero-order chi connectivity index (χ0) is 25.5. The minimum atomic E-state index is -5.38. The molecule has 0 radical (unpaired) electrons. The molecule has 0 fully saturated rings. The van der Waals surface area contributed by atoms with Crippen molar-refractivity contribution in [2.45, 2.75) is 50.5 Å². The molecule has 34 heavy (non-hydrogen) atoms. The van der Waals surface area contributed by atoms with Crippen LogP contribution in [0.5, 0.6) is 0 Å². The van der Waals surface area contributed by atoms with E-state index in [9.17, 15) is 32.3 Å². The molecule has 0 aromatic heterocycles. The van der Waals surface area contributed by atoms with Crippen molar-refractivity contribution >= 4 is 35.2 Å². The minimum absolute atomic E-state index is 0.0503. The van der Waals surface area contributed by atoms with Crippen LogP contribution in [0, 0.1) is 5.82 Å². The standard InChI is InChI=1S/C23H21ClF4N2O4/c1-12-16-9-14(5-6-15(16)19(10-31)34-30-12)29-20(32)22(33,23(26,27)28)11-21(2,3)17-7-4-13(24)8-18(17)25/h4-10,19,33H,11H2,1-3H3,(H,29,32). The molecule has 1 amide bonds. The normalized spacial score (nSPS) is 17.7. The number of hydrogen-bond donors (Lipinski definition) is 2. The monoisotopic (exact) mass is 500 g/mol. The van der Waals surface area contributed by atoms with Crippen molar-refractivity contribution < 1.29 is 37.1 Å².